The van der Waals surface area contributed by atoms with Crippen LogP contribution in [0.3, 0.4) is 0 Å². The van der Waals surface area contributed by atoms with Gasteiger partial charge in [-0.15, -0.1) is 0 Å². The van der Waals surface area contributed by atoms with Gasteiger partial charge >= 0.3 is 0 Å². The summed E-state index contributed by atoms with van der Waals surface area (Å²) in [7, 11) is 3.13. The molecule has 5 nitrogen and oxygen atoms in total. The van der Waals surface area contributed by atoms with Crippen LogP contribution in [0.2, 0.25) is 0 Å². The topological polar surface area (TPSA) is 59.6 Å². The maximum absolute atomic E-state index is 11.5. The first-order valence-corrected chi connectivity index (χ1v) is 5.43. The molecule has 0 fully saturated rings. The van der Waals surface area contributed by atoms with Gasteiger partial charge in [-0.2, -0.15) is 0 Å². The average molecular weight is 238 g/mol. The fourth-order valence-corrected chi connectivity index (χ4v) is 1.33. The Morgan fingerprint density at radius 1 is 1.29 bits per heavy atom. The monoisotopic (exact) mass is 238 g/mol. The molecule has 1 aromatic rings. The van der Waals surface area contributed by atoms with Crippen molar-refractivity contribution in [2.24, 2.45) is 0 Å². The lowest BCUT2D eigenvalue weighted by Gasteiger charge is -2.11. The van der Waals surface area contributed by atoms with E-state index in [4.69, 9.17) is 9.47 Å². The van der Waals surface area contributed by atoms with Crippen molar-refractivity contribution >= 4 is 11.6 Å². The Balaban J connectivity index is 2.73. The second-order valence-corrected chi connectivity index (χ2v) is 3.39. The lowest BCUT2D eigenvalue weighted by atomic mass is 10.2. The van der Waals surface area contributed by atoms with E-state index in [2.05, 4.69) is 10.6 Å². The maximum atomic E-state index is 11.5. The highest BCUT2D eigenvalue weighted by molar-refractivity contribution is 5.93. The van der Waals surface area contributed by atoms with E-state index in [1.807, 2.05) is 6.92 Å². The molecule has 0 unspecified atom stereocenters. The number of hydrogen-bond donors (Lipinski definition) is 2. The van der Waals surface area contributed by atoms with Gasteiger partial charge in [-0.25, -0.2) is 0 Å². The standard InChI is InChI=1S/C12H18N2O3/c1-4-13-8-12(15)14-10-6-5-9(16-2)7-11(10)17-3/h5-7,13H,4,8H2,1-3H3,(H,14,15). The molecule has 0 aromatic heterocycles. The van der Waals surface area contributed by atoms with Gasteiger partial charge in [-0.3, -0.25) is 4.79 Å². The predicted octanol–water partition coefficient (Wildman–Crippen LogP) is 1.25. The molecule has 1 rings (SSSR count). The summed E-state index contributed by atoms with van der Waals surface area (Å²) in [6, 6.07) is 5.25. The molecule has 0 heterocycles. The second kappa shape index (κ2) is 6.75. The number of carbonyl (C=O) groups is 1. The lowest BCUT2D eigenvalue weighted by molar-refractivity contribution is -0.115. The third kappa shape index (κ3) is 3.96. The molecule has 0 aliphatic heterocycles. The van der Waals surface area contributed by atoms with Crippen molar-refractivity contribution in [3.8, 4) is 11.5 Å². The molecule has 5 heteroatoms. The number of carbonyl (C=O) groups excluding carboxylic acids is 1. The largest absolute Gasteiger partial charge is 0.497 e. The molecule has 0 radical (unpaired) electrons. The first-order chi connectivity index (χ1) is 8.21. The molecule has 0 spiro atoms. The van der Waals surface area contributed by atoms with E-state index >= 15 is 0 Å². The summed E-state index contributed by atoms with van der Waals surface area (Å²) < 4.78 is 10.3. The molecule has 0 aliphatic carbocycles. The summed E-state index contributed by atoms with van der Waals surface area (Å²) in [4.78, 5) is 11.5. The van der Waals surface area contributed by atoms with Gasteiger partial charge in [0.05, 0.1) is 26.5 Å². The number of rotatable bonds is 6. The van der Waals surface area contributed by atoms with Crippen molar-refractivity contribution in [2.75, 3.05) is 32.6 Å². The molecule has 2 N–H and O–H groups in total. The Labute approximate surface area is 101 Å². The summed E-state index contributed by atoms with van der Waals surface area (Å²) in [6.07, 6.45) is 0. The minimum Gasteiger partial charge on any atom is -0.497 e. The third-order valence-corrected chi connectivity index (χ3v) is 2.22. The molecular weight excluding hydrogens is 220 g/mol. The van der Waals surface area contributed by atoms with Crippen molar-refractivity contribution in [3.05, 3.63) is 18.2 Å². The SMILES string of the molecule is CCNCC(=O)Nc1ccc(OC)cc1OC. The molecule has 0 aliphatic rings. The number of methoxy groups -OCH3 is 2. The Morgan fingerprint density at radius 2 is 2.06 bits per heavy atom. The minimum absolute atomic E-state index is 0.102. The van der Waals surface area contributed by atoms with E-state index in [0.29, 0.717) is 17.2 Å². The number of hydrogen-bond acceptors (Lipinski definition) is 4. The smallest absolute Gasteiger partial charge is 0.238 e. The van der Waals surface area contributed by atoms with E-state index in [9.17, 15) is 4.79 Å². The van der Waals surface area contributed by atoms with Crippen LogP contribution in [0.4, 0.5) is 5.69 Å². The molecule has 0 saturated heterocycles. The average Bonchev–Trinajstić information content (AvgIpc) is 2.36. The number of amides is 1. The molecule has 1 amide bonds. The second-order valence-electron chi connectivity index (χ2n) is 3.39. The highest BCUT2D eigenvalue weighted by Gasteiger charge is 2.08. The molecule has 94 valence electrons. The van der Waals surface area contributed by atoms with Crippen LogP contribution >= 0.6 is 0 Å². The van der Waals surface area contributed by atoms with Crippen LogP contribution in [0, 0.1) is 0 Å². The van der Waals surface area contributed by atoms with E-state index in [0.717, 1.165) is 6.54 Å². The highest BCUT2D eigenvalue weighted by Crippen LogP contribution is 2.28. The zero-order chi connectivity index (χ0) is 12.7. The van der Waals surface area contributed by atoms with Crippen LogP contribution in [0.15, 0.2) is 18.2 Å². The first kappa shape index (κ1) is 13.3. The number of ether oxygens (including phenoxy) is 2. The molecule has 0 bridgehead atoms. The summed E-state index contributed by atoms with van der Waals surface area (Å²) >= 11 is 0. The van der Waals surface area contributed by atoms with Gasteiger partial charge in [-0.05, 0) is 18.7 Å². The minimum atomic E-state index is -0.102. The third-order valence-electron chi connectivity index (χ3n) is 2.22. The normalized spacial score (nSPS) is 9.82. The number of likely N-dealkylation sites (N-methyl/N-ethyl adjacent to an activating group) is 1. The Bertz CT molecular complexity index is 380. The fraction of sp³-hybridized carbons (Fsp3) is 0.417. The van der Waals surface area contributed by atoms with Gasteiger partial charge in [0.15, 0.2) is 0 Å². The summed E-state index contributed by atoms with van der Waals surface area (Å²) in [5.74, 6) is 1.16. The van der Waals surface area contributed by atoms with Crippen LogP contribution < -0.4 is 20.1 Å². The van der Waals surface area contributed by atoms with Crippen LogP contribution in [0.1, 0.15) is 6.92 Å². The van der Waals surface area contributed by atoms with E-state index in [-0.39, 0.29) is 12.5 Å². The number of nitrogens with one attached hydrogen (secondary N) is 2. The van der Waals surface area contributed by atoms with Crippen molar-refractivity contribution in [2.45, 2.75) is 6.92 Å². The van der Waals surface area contributed by atoms with E-state index in [1.54, 1.807) is 32.4 Å². The quantitative estimate of drug-likeness (QED) is 0.783. The van der Waals surface area contributed by atoms with Crippen LogP contribution in [0.5, 0.6) is 11.5 Å². The van der Waals surface area contributed by atoms with Crippen LogP contribution in [-0.4, -0.2) is 33.2 Å². The molecular formula is C12H18N2O3. The van der Waals surface area contributed by atoms with Crippen LogP contribution in [0.25, 0.3) is 0 Å². The maximum Gasteiger partial charge on any atom is 0.238 e. The van der Waals surface area contributed by atoms with E-state index < -0.39 is 0 Å². The predicted molar refractivity (Wildman–Crippen MR) is 66.7 cm³/mol. The Kier molecular flexibility index (Phi) is 5.29. The molecule has 0 atom stereocenters. The van der Waals surface area contributed by atoms with E-state index in [1.165, 1.54) is 0 Å². The molecule has 0 saturated carbocycles. The van der Waals surface area contributed by atoms with Gasteiger partial charge in [0.25, 0.3) is 0 Å². The van der Waals surface area contributed by atoms with Crippen molar-refractivity contribution in [1.29, 1.82) is 0 Å². The zero-order valence-corrected chi connectivity index (χ0v) is 10.4. The van der Waals surface area contributed by atoms with Gasteiger partial charge in [0.2, 0.25) is 5.91 Å². The summed E-state index contributed by atoms with van der Waals surface area (Å²) in [5, 5.41) is 5.72. The number of benzene rings is 1. The fourth-order valence-electron chi connectivity index (χ4n) is 1.33. The van der Waals surface area contributed by atoms with Crippen molar-refractivity contribution in [3.63, 3.8) is 0 Å². The van der Waals surface area contributed by atoms with Gasteiger partial charge in [0.1, 0.15) is 11.5 Å². The van der Waals surface area contributed by atoms with Crippen molar-refractivity contribution < 1.29 is 14.3 Å². The lowest BCUT2D eigenvalue weighted by Crippen LogP contribution is -2.27. The Hall–Kier alpha value is -1.75. The van der Waals surface area contributed by atoms with Crippen LogP contribution in [-0.2, 0) is 4.79 Å². The zero-order valence-electron chi connectivity index (χ0n) is 10.4. The first-order valence-electron chi connectivity index (χ1n) is 5.43. The highest BCUT2D eigenvalue weighted by atomic mass is 16.5. The van der Waals surface area contributed by atoms with Gasteiger partial charge < -0.3 is 20.1 Å². The molecule has 17 heavy (non-hydrogen) atoms. The summed E-state index contributed by atoms with van der Waals surface area (Å²) in [6.45, 7) is 2.99. The van der Waals surface area contributed by atoms with Gasteiger partial charge in [-0.1, -0.05) is 6.92 Å². The molecule has 1 aromatic carbocycles. The number of anilines is 1. The van der Waals surface area contributed by atoms with Gasteiger partial charge in [0, 0.05) is 6.07 Å². The summed E-state index contributed by atoms with van der Waals surface area (Å²) in [5.41, 5.74) is 0.635. The Morgan fingerprint density at radius 3 is 2.65 bits per heavy atom. The van der Waals surface area contributed by atoms with Crippen molar-refractivity contribution in [1.82, 2.24) is 5.32 Å².